The molecule has 0 aliphatic rings. The molecule has 0 aliphatic carbocycles. The summed E-state index contributed by atoms with van der Waals surface area (Å²) in [6, 6.07) is 19.4. The van der Waals surface area contributed by atoms with Crippen molar-refractivity contribution in [3.8, 4) is 11.5 Å². The molecule has 0 bridgehead atoms. The quantitative estimate of drug-likeness (QED) is 0.612. The highest BCUT2D eigenvalue weighted by atomic mass is 32.2. The molecule has 3 aromatic rings. The molecule has 7 heteroatoms. The van der Waals surface area contributed by atoms with Crippen molar-refractivity contribution in [1.82, 2.24) is 0 Å². The fourth-order valence-corrected chi connectivity index (χ4v) is 4.31. The third-order valence-electron chi connectivity index (χ3n) is 4.38. The van der Waals surface area contributed by atoms with Crippen molar-refractivity contribution in [1.29, 1.82) is 0 Å². The van der Waals surface area contributed by atoms with Crippen molar-refractivity contribution in [3.63, 3.8) is 0 Å². The number of para-hydroxylation sites is 1. The van der Waals surface area contributed by atoms with Gasteiger partial charge >= 0.3 is 0 Å². The number of benzene rings is 3. The van der Waals surface area contributed by atoms with Crippen LogP contribution in [-0.4, -0.2) is 28.5 Å². The molecule has 3 aromatic carbocycles. The number of aryl methyl sites for hydroxylation is 1. The number of methoxy groups -OCH3 is 2. The van der Waals surface area contributed by atoms with Crippen LogP contribution in [0.25, 0.3) is 0 Å². The van der Waals surface area contributed by atoms with Crippen LogP contribution in [0.2, 0.25) is 0 Å². The number of nitrogens with zero attached hydrogens (tertiary/aromatic N) is 1. The van der Waals surface area contributed by atoms with Crippen LogP contribution in [0.5, 0.6) is 11.5 Å². The average Bonchev–Trinajstić information content (AvgIpc) is 2.74. The predicted octanol–water partition coefficient (Wildman–Crippen LogP) is 4.05. The fourth-order valence-electron chi connectivity index (χ4n) is 2.91. The first kappa shape index (κ1) is 20.4. The Balaban J connectivity index is 2.23. The highest BCUT2D eigenvalue weighted by molar-refractivity contribution is 7.93. The second-order valence-electron chi connectivity index (χ2n) is 6.26. The molecule has 3 rings (SSSR count). The Bertz CT molecular complexity index is 1090. The standard InChI is InChI=1S/C22H21NO5S/c1-16-12-14-18(15-13-16)29(25,26)23(17-8-5-4-6-9-17)22(24)21-19(27-2)10-7-11-20(21)28-3/h4-15H,1-3H3. The van der Waals surface area contributed by atoms with Crippen LogP contribution in [0.3, 0.4) is 0 Å². The van der Waals surface area contributed by atoms with Gasteiger partial charge in [-0.2, -0.15) is 4.31 Å². The third-order valence-corrected chi connectivity index (χ3v) is 6.10. The molecule has 0 spiro atoms. The highest BCUT2D eigenvalue weighted by Gasteiger charge is 2.35. The first-order valence-corrected chi connectivity index (χ1v) is 10.3. The lowest BCUT2D eigenvalue weighted by molar-refractivity contribution is 0.0999. The first-order chi connectivity index (χ1) is 13.9. The normalized spacial score (nSPS) is 11.0. The van der Waals surface area contributed by atoms with Crippen LogP contribution in [0.1, 0.15) is 15.9 Å². The van der Waals surface area contributed by atoms with E-state index < -0.39 is 15.9 Å². The molecule has 0 heterocycles. The molecule has 0 aromatic heterocycles. The van der Waals surface area contributed by atoms with E-state index in [1.165, 1.54) is 26.4 Å². The van der Waals surface area contributed by atoms with Gasteiger partial charge in [0, 0.05) is 0 Å². The Kier molecular flexibility index (Phi) is 5.89. The summed E-state index contributed by atoms with van der Waals surface area (Å²) in [5.41, 5.74) is 1.15. The number of carbonyl (C=O) groups excluding carboxylic acids is 1. The van der Waals surface area contributed by atoms with Crippen LogP contribution >= 0.6 is 0 Å². The van der Waals surface area contributed by atoms with Crippen molar-refractivity contribution in [2.45, 2.75) is 11.8 Å². The lowest BCUT2D eigenvalue weighted by Gasteiger charge is -2.24. The van der Waals surface area contributed by atoms with Crippen LogP contribution in [0.4, 0.5) is 5.69 Å². The van der Waals surface area contributed by atoms with Gasteiger partial charge in [0.25, 0.3) is 15.9 Å². The zero-order valence-corrected chi connectivity index (χ0v) is 17.1. The molecule has 1 amide bonds. The zero-order valence-electron chi connectivity index (χ0n) is 16.3. The second kappa shape index (κ2) is 8.36. The summed E-state index contributed by atoms with van der Waals surface area (Å²) in [7, 11) is -1.38. The SMILES string of the molecule is COc1cccc(OC)c1C(=O)N(c1ccccc1)S(=O)(=O)c1ccc(C)cc1. The van der Waals surface area contributed by atoms with Crippen molar-refractivity contribution >= 4 is 21.6 Å². The molecule has 0 atom stereocenters. The maximum atomic E-state index is 13.6. The molecule has 0 N–H and O–H groups in total. The lowest BCUT2D eigenvalue weighted by Crippen LogP contribution is -2.37. The van der Waals surface area contributed by atoms with E-state index in [1.807, 2.05) is 6.92 Å². The van der Waals surface area contributed by atoms with E-state index in [1.54, 1.807) is 60.7 Å². The zero-order chi connectivity index (χ0) is 21.0. The van der Waals surface area contributed by atoms with Crippen LogP contribution in [0, 0.1) is 6.92 Å². The summed E-state index contributed by atoms with van der Waals surface area (Å²) in [6.45, 7) is 1.86. The predicted molar refractivity (Wildman–Crippen MR) is 111 cm³/mol. The van der Waals surface area contributed by atoms with E-state index in [-0.39, 0.29) is 27.6 Å². The molecule has 0 fully saturated rings. The van der Waals surface area contributed by atoms with Gasteiger partial charge in [0.1, 0.15) is 17.1 Å². The Morgan fingerprint density at radius 2 is 1.34 bits per heavy atom. The summed E-state index contributed by atoms with van der Waals surface area (Å²) in [5.74, 6) is -0.338. The number of anilines is 1. The van der Waals surface area contributed by atoms with Gasteiger partial charge in [0.05, 0.1) is 24.8 Å². The molecule has 0 unspecified atom stereocenters. The molecule has 150 valence electrons. The van der Waals surface area contributed by atoms with Crippen molar-refractivity contribution in [3.05, 3.63) is 83.9 Å². The maximum Gasteiger partial charge on any atom is 0.279 e. The molecular weight excluding hydrogens is 390 g/mol. The maximum absolute atomic E-state index is 13.6. The van der Waals surface area contributed by atoms with Gasteiger partial charge < -0.3 is 9.47 Å². The fraction of sp³-hybridized carbons (Fsp3) is 0.136. The summed E-state index contributed by atoms with van der Waals surface area (Å²) >= 11 is 0. The van der Waals surface area contributed by atoms with Crippen LogP contribution < -0.4 is 13.8 Å². The smallest absolute Gasteiger partial charge is 0.279 e. The minimum atomic E-state index is -4.20. The first-order valence-electron chi connectivity index (χ1n) is 8.82. The van der Waals surface area contributed by atoms with E-state index in [9.17, 15) is 13.2 Å². The number of sulfonamides is 1. The Labute approximate surface area is 170 Å². The minimum absolute atomic E-state index is 0.00849. The Hall–Kier alpha value is -3.32. The van der Waals surface area contributed by atoms with E-state index in [4.69, 9.17) is 9.47 Å². The number of rotatable bonds is 6. The van der Waals surface area contributed by atoms with Gasteiger partial charge in [-0.25, -0.2) is 8.42 Å². The van der Waals surface area contributed by atoms with Gasteiger partial charge in [-0.15, -0.1) is 0 Å². The number of hydrogen-bond donors (Lipinski definition) is 0. The topological polar surface area (TPSA) is 72.9 Å². The lowest BCUT2D eigenvalue weighted by atomic mass is 10.1. The number of hydrogen-bond acceptors (Lipinski definition) is 5. The highest BCUT2D eigenvalue weighted by Crippen LogP contribution is 2.33. The van der Waals surface area contributed by atoms with Gasteiger partial charge in [0.2, 0.25) is 0 Å². The summed E-state index contributed by atoms with van der Waals surface area (Å²) in [6.07, 6.45) is 0. The third kappa shape index (κ3) is 3.95. The van der Waals surface area contributed by atoms with Gasteiger partial charge in [-0.3, -0.25) is 4.79 Å². The molecular formula is C22H21NO5S. The van der Waals surface area contributed by atoms with Crippen molar-refractivity contribution in [2.24, 2.45) is 0 Å². The summed E-state index contributed by atoms with van der Waals surface area (Å²) in [4.78, 5) is 13.6. The van der Waals surface area contributed by atoms with Crippen molar-refractivity contribution in [2.75, 3.05) is 18.5 Å². The number of ether oxygens (including phenoxy) is 2. The molecule has 29 heavy (non-hydrogen) atoms. The Morgan fingerprint density at radius 1 is 0.793 bits per heavy atom. The molecule has 0 aliphatic heterocycles. The monoisotopic (exact) mass is 411 g/mol. The minimum Gasteiger partial charge on any atom is -0.496 e. The van der Waals surface area contributed by atoms with E-state index in [2.05, 4.69) is 0 Å². The largest absolute Gasteiger partial charge is 0.496 e. The molecule has 0 radical (unpaired) electrons. The van der Waals surface area contributed by atoms with E-state index in [0.29, 0.717) is 0 Å². The second-order valence-corrected chi connectivity index (χ2v) is 8.05. The summed E-state index contributed by atoms with van der Waals surface area (Å²) < 4.78 is 38.4. The average molecular weight is 411 g/mol. The molecule has 0 saturated heterocycles. The molecule has 0 saturated carbocycles. The van der Waals surface area contributed by atoms with E-state index >= 15 is 0 Å². The van der Waals surface area contributed by atoms with E-state index in [0.717, 1.165) is 9.87 Å². The van der Waals surface area contributed by atoms with Crippen LogP contribution in [-0.2, 0) is 10.0 Å². The number of carbonyl (C=O) groups is 1. The number of amides is 1. The summed E-state index contributed by atoms with van der Waals surface area (Å²) in [5, 5.41) is 0. The van der Waals surface area contributed by atoms with Gasteiger partial charge in [0.15, 0.2) is 0 Å². The Morgan fingerprint density at radius 3 is 1.86 bits per heavy atom. The molecule has 6 nitrogen and oxygen atoms in total. The van der Waals surface area contributed by atoms with Crippen LogP contribution in [0.15, 0.2) is 77.7 Å². The van der Waals surface area contributed by atoms with Gasteiger partial charge in [-0.1, -0.05) is 42.0 Å². The van der Waals surface area contributed by atoms with Gasteiger partial charge in [-0.05, 0) is 43.3 Å². The van der Waals surface area contributed by atoms with Crippen molar-refractivity contribution < 1.29 is 22.7 Å².